The SMILES string of the molecule is COc1cc(C(C(=O)NC2CCC(C)CC2)N(CC2COc3ccccc3O2)C(=O)CCl)ccc1OC(C)C. The third-order valence-electron chi connectivity index (χ3n) is 7.19. The molecule has 2 aromatic rings. The second kappa shape index (κ2) is 13.3. The third kappa shape index (κ3) is 7.29. The molecule has 0 radical (unpaired) electrons. The number of hydrogen-bond donors (Lipinski definition) is 1. The molecule has 212 valence electrons. The summed E-state index contributed by atoms with van der Waals surface area (Å²) in [6.45, 7) is 6.45. The van der Waals surface area contributed by atoms with Crippen LogP contribution in [0.2, 0.25) is 0 Å². The topological polar surface area (TPSA) is 86.3 Å². The first-order valence-electron chi connectivity index (χ1n) is 13.7. The predicted octanol–water partition coefficient (Wildman–Crippen LogP) is 5.13. The highest BCUT2D eigenvalue weighted by Gasteiger charge is 2.36. The van der Waals surface area contributed by atoms with Crippen LogP contribution >= 0.6 is 11.6 Å². The van der Waals surface area contributed by atoms with Crippen molar-refractivity contribution in [1.82, 2.24) is 10.2 Å². The number of ether oxygens (including phenoxy) is 4. The quantitative estimate of drug-likeness (QED) is 0.407. The molecule has 0 bridgehead atoms. The largest absolute Gasteiger partial charge is 0.493 e. The number of rotatable bonds is 10. The molecule has 1 N–H and O–H groups in total. The van der Waals surface area contributed by atoms with Crippen LogP contribution in [-0.2, 0) is 9.59 Å². The summed E-state index contributed by atoms with van der Waals surface area (Å²) in [5, 5.41) is 3.21. The number of nitrogens with one attached hydrogen (secondary N) is 1. The lowest BCUT2D eigenvalue weighted by Gasteiger charge is -2.36. The van der Waals surface area contributed by atoms with Gasteiger partial charge in [0.15, 0.2) is 29.1 Å². The molecular formula is C30H39ClN2O6. The van der Waals surface area contributed by atoms with E-state index in [-0.39, 0.29) is 43.0 Å². The average Bonchev–Trinajstić information content (AvgIpc) is 2.93. The number of fused-ring (bicyclic) bond motifs is 1. The molecule has 0 spiro atoms. The minimum absolute atomic E-state index is 0.0516. The maximum atomic E-state index is 14.0. The first kappa shape index (κ1) is 28.9. The van der Waals surface area contributed by atoms with Crippen molar-refractivity contribution < 1.29 is 28.5 Å². The lowest BCUT2D eigenvalue weighted by atomic mass is 9.87. The molecular weight excluding hydrogens is 520 g/mol. The highest BCUT2D eigenvalue weighted by Crippen LogP contribution is 2.35. The van der Waals surface area contributed by atoms with Crippen molar-refractivity contribution in [3.8, 4) is 23.0 Å². The first-order valence-corrected chi connectivity index (χ1v) is 14.2. The number of hydrogen-bond acceptors (Lipinski definition) is 6. The second-order valence-corrected chi connectivity index (χ2v) is 10.9. The number of alkyl halides is 1. The molecule has 0 aromatic heterocycles. The molecule has 1 heterocycles. The van der Waals surface area contributed by atoms with E-state index in [0.29, 0.717) is 34.5 Å². The van der Waals surface area contributed by atoms with Gasteiger partial charge < -0.3 is 29.2 Å². The summed E-state index contributed by atoms with van der Waals surface area (Å²) < 4.78 is 23.5. The van der Waals surface area contributed by atoms with Crippen LogP contribution in [-0.4, -0.2) is 61.1 Å². The van der Waals surface area contributed by atoms with Crippen LogP contribution in [0.3, 0.4) is 0 Å². The van der Waals surface area contributed by atoms with Crippen LogP contribution in [0.25, 0.3) is 0 Å². The molecule has 8 nitrogen and oxygen atoms in total. The minimum atomic E-state index is -0.946. The van der Waals surface area contributed by atoms with Crippen LogP contribution in [0.1, 0.15) is 58.1 Å². The molecule has 1 aliphatic carbocycles. The summed E-state index contributed by atoms with van der Waals surface area (Å²) in [5.74, 6) is 2.02. The van der Waals surface area contributed by atoms with Gasteiger partial charge in [0.1, 0.15) is 18.5 Å². The maximum absolute atomic E-state index is 14.0. The average molecular weight is 559 g/mol. The van der Waals surface area contributed by atoms with Crippen molar-refractivity contribution in [3.63, 3.8) is 0 Å². The Morgan fingerprint density at radius 1 is 1.08 bits per heavy atom. The van der Waals surface area contributed by atoms with Gasteiger partial charge in [-0.3, -0.25) is 9.59 Å². The zero-order valence-corrected chi connectivity index (χ0v) is 23.9. The van der Waals surface area contributed by atoms with Gasteiger partial charge in [0.05, 0.1) is 19.8 Å². The van der Waals surface area contributed by atoms with E-state index in [1.807, 2.05) is 38.1 Å². The van der Waals surface area contributed by atoms with E-state index in [9.17, 15) is 9.59 Å². The van der Waals surface area contributed by atoms with E-state index in [1.54, 1.807) is 25.3 Å². The Hall–Kier alpha value is -3.13. The Labute approximate surface area is 235 Å². The van der Waals surface area contributed by atoms with Crippen LogP contribution < -0.4 is 24.3 Å². The highest BCUT2D eigenvalue weighted by molar-refractivity contribution is 6.27. The Bertz CT molecular complexity index is 1130. The van der Waals surface area contributed by atoms with Crippen LogP contribution in [0.15, 0.2) is 42.5 Å². The van der Waals surface area contributed by atoms with Gasteiger partial charge in [0, 0.05) is 6.04 Å². The van der Waals surface area contributed by atoms with Crippen molar-refractivity contribution in [2.24, 2.45) is 5.92 Å². The molecule has 39 heavy (non-hydrogen) atoms. The van der Waals surface area contributed by atoms with E-state index < -0.39 is 12.1 Å². The van der Waals surface area contributed by atoms with E-state index in [2.05, 4.69) is 12.2 Å². The Balaban J connectivity index is 1.66. The first-order chi connectivity index (χ1) is 18.8. The third-order valence-corrected chi connectivity index (χ3v) is 7.42. The lowest BCUT2D eigenvalue weighted by molar-refractivity contribution is -0.141. The Morgan fingerprint density at radius 2 is 1.79 bits per heavy atom. The molecule has 1 aliphatic heterocycles. The molecule has 1 saturated carbocycles. The van der Waals surface area contributed by atoms with Crippen LogP contribution in [0, 0.1) is 5.92 Å². The van der Waals surface area contributed by atoms with Gasteiger partial charge in [0.2, 0.25) is 11.8 Å². The van der Waals surface area contributed by atoms with Gasteiger partial charge in [0.25, 0.3) is 0 Å². The molecule has 1 fully saturated rings. The van der Waals surface area contributed by atoms with E-state index in [4.69, 9.17) is 30.5 Å². The van der Waals surface area contributed by atoms with Crippen molar-refractivity contribution in [1.29, 1.82) is 0 Å². The van der Waals surface area contributed by atoms with Gasteiger partial charge in [-0.25, -0.2) is 0 Å². The monoisotopic (exact) mass is 558 g/mol. The van der Waals surface area contributed by atoms with Crippen molar-refractivity contribution in [2.45, 2.75) is 70.7 Å². The zero-order chi connectivity index (χ0) is 27.9. The summed E-state index contributed by atoms with van der Waals surface area (Å²) in [5.41, 5.74) is 0.597. The van der Waals surface area contributed by atoms with E-state index in [1.165, 1.54) is 4.90 Å². The van der Waals surface area contributed by atoms with Gasteiger partial charge in [-0.2, -0.15) is 0 Å². The normalized spacial score (nSPS) is 21.1. The van der Waals surface area contributed by atoms with Crippen LogP contribution in [0.5, 0.6) is 23.0 Å². The number of nitrogens with zero attached hydrogens (tertiary/aromatic N) is 1. The van der Waals surface area contributed by atoms with Crippen molar-refractivity contribution in [2.75, 3.05) is 26.1 Å². The zero-order valence-electron chi connectivity index (χ0n) is 23.2. The molecule has 4 rings (SSSR count). The smallest absolute Gasteiger partial charge is 0.247 e. The number of benzene rings is 2. The van der Waals surface area contributed by atoms with E-state index >= 15 is 0 Å². The summed E-state index contributed by atoms with van der Waals surface area (Å²) in [7, 11) is 1.55. The minimum Gasteiger partial charge on any atom is -0.493 e. The van der Waals surface area contributed by atoms with Crippen molar-refractivity contribution in [3.05, 3.63) is 48.0 Å². The molecule has 2 aromatic carbocycles. The standard InChI is InChI=1S/C30H39ClN2O6/c1-19(2)38-26-14-11-21(15-27(26)36-4)29(30(35)32-22-12-9-20(3)10-13-22)33(28(34)16-31)17-23-18-37-24-7-5-6-8-25(24)39-23/h5-8,11,14-15,19-20,22-23,29H,9-10,12-13,16-18H2,1-4H3,(H,32,35). The number of methoxy groups -OCH3 is 1. The summed E-state index contributed by atoms with van der Waals surface area (Å²) >= 11 is 6.09. The molecule has 0 saturated heterocycles. The second-order valence-electron chi connectivity index (χ2n) is 10.6. The summed E-state index contributed by atoms with van der Waals surface area (Å²) in [6.07, 6.45) is 3.39. The molecule has 2 aliphatic rings. The number of amides is 2. The van der Waals surface area contributed by atoms with E-state index in [0.717, 1.165) is 25.7 Å². The number of carbonyl (C=O) groups is 2. The summed E-state index contributed by atoms with van der Waals surface area (Å²) in [6, 6.07) is 11.8. The van der Waals surface area contributed by atoms with Crippen LogP contribution in [0.4, 0.5) is 0 Å². The fourth-order valence-corrected chi connectivity index (χ4v) is 5.32. The van der Waals surface area contributed by atoms with Crippen molar-refractivity contribution >= 4 is 23.4 Å². The molecule has 2 unspecified atom stereocenters. The highest BCUT2D eigenvalue weighted by atomic mass is 35.5. The fraction of sp³-hybridized carbons (Fsp3) is 0.533. The fourth-order valence-electron chi connectivity index (χ4n) is 5.16. The predicted molar refractivity (Wildman–Crippen MR) is 150 cm³/mol. The molecule has 2 atom stereocenters. The number of halogens is 1. The van der Waals surface area contributed by atoms with Gasteiger partial charge >= 0.3 is 0 Å². The number of carbonyl (C=O) groups excluding carboxylic acids is 2. The van der Waals surface area contributed by atoms with Gasteiger partial charge in [-0.05, 0) is 75.3 Å². The molecule has 2 amide bonds. The molecule has 9 heteroatoms. The maximum Gasteiger partial charge on any atom is 0.247 e. The summed E-state index contributed by atoms with van der Waals surface area (Å²) in [4.78, 5) is 28.8. The van der Waals surface area contributed by atoms with Gasteiger partial charge in [-0.1, -0.05) is 25.1 Å². The van der Waals surface area contributed by atoms with Gasteiger partial charge in [-0.15, -0.1) is 11.6 Å². The Kier molecular flexibility index (Phi) is 9.83. The number of para-hydroxylation sites is 2. The Morgan fingerprint density at radius 3 is 2.46 bits per heavy atom. The lowest BCUT2D eigenvalue weighted by Crippen LogP contribution is -2.51.